The molecule has 0 radical (unpaired) electrons. The Morgan fingerprint density at radius 1 is 1.12 bits per heavy atom. The first-order valence-corrected chi connectivity index (χ1v) is 13.4. The van der Waals surface area contributed by atoms with E-state index in [4.69, 9.17) is 11.6 Å². The summed E-state index contributed by atoms with van der Waals surface area (Å²) in [5.74, 6) is 0. The molecular weight excluding hydrogens is 556 g/mol. The van der Waals surface area contributed by atoms with Gasteiger partial charge in [-0.1, -0.05) is 11.6 Å². The predicted molar refractivity (Wildman–Crippen MR) is 157 cm³/mol. The van der Waals surface area contributed by atoms with Gasteiger partial charge in [0.1, 0.15) is 12.0 Å². The smallest absolute Gasteiger partial charge is 0.331 e. The van der Waals surface area contributed by atoms with E-state index in [0.29, 0.717) is 42.2 Å². The van der Waals surface area contributed by atoms with Gasteiger partial charge in [0, 0.05) is 46.7 Å². The molecule has 9 nitrogen and oxygen atoms in total. The van der Waals surface area contributed by atoms with Gasteiger partial charge in [0.2, 0.25) is 0 Å². The van der Waals surface area contributed by atoms with Crippen LogP contribution in [0.5, 0.6) is 0 Å². The zero-order valence-corrected chi connectivity index (χ0v) is 23.8. The Labute approximate surface area is 240 Å². The molecule has 0 spiro atoms. The first kappa shape index (κ1) is 28.1. The van der Waals surface area contributed by atoms with Crippen molar-refractivity contribution in [3.63, 3.8) is 0 Å². The lowest BCUT2D eigenvalue weighted by atomic mass is 9.94. The van der Waals surface area contributed by atoms with Crippen molar-refractivity contribution in [3.05, 3.63) is 86.7 Å². The number of halogens is 3. The van der Waals surface area contributed by atoms with Crippen molar-refractivity contribution in [2.45, 2.75) is 51.5 Å². The van der Waals surface area contributed by atoms with Crippen LogP contribution in [0.2, 0.25) is 5.02 Å². The minimum absolute atomic E-state index is 0. The second-order valence-electron chi connectivity index (χ2n) is 10.5. The number of fused-ring (bicyclic) bond motifs is 2. The summed E-state index contributed by atoms with van der Waals surface area (Å²) in [4.78, 5) is 30.1. The van der Waals surface area contributed by atoms with Crippen LogP contribution in [0.1, 0.15) is 38.3 Å². The van der Waals surface area contributed by atoms with Crippen molar-refractivity contribution >= 4 is 40.4 Å². The van der Waals surface area contributed by atoms with Crippen LogP contribution in [0.15, 0.2) is 64.8 Å². The van der Waals surface area contributed by atoms with Gasteiger partial charge in [-0.3, -0.25) is 13.9 Å². The highest BCUT2D eigenvalue weighted by Gasteiger charge is 2.32. The number of nitrogens with one attached hydrogen (secondary N) is 1. The van der Waals surface area contributed by atoms with Gasteiger partial charge in [-0.15, -0.1) is 12.4 Å². The zero-order chi connectivity index (χ0) is 27.3. The molecular formula is C28H30Cl2FN7O2. The molecule has 210 valence electrons. The van der Waals surface area contributed by atoms with Gasteiger partial charge in [-0.05, 0) is 69.6 Å². The zero-order valence-electron chi connectivity index (χ0n) is 22.2. The molecule has 4 aromatic heterocycles. The number of benzene rings is 1. The molecule has 1 fully saturated rings. The number of hydrogen-bond donors (Lipinski definition) is 1. The number of hydrogen-bond acceptors (Lipinski definition) is 5. The summed E-state index contributed by atoms with van der Waals surface area (Å²) in [5.41, 5.74) is 1.61. The van der Waals surface area contributed by atoms with E-state index in [1.165, 1.54) is 27.7 Å². The maximum Gasteiger partial charge on any atom is 0.331 e. The van der Waals surface area contributed by atoms with Crippen LogP contribution in [-0.2, 0) is 13.1 Å². The molecule has 6 rings (SSSR count). The number of rotatable bonds is 6. The Morgan fingerprint density at radius 3 is 2.65 bits per heavy atom. The van der Waals surface area contributed by atoms with E-state index < -0.39 is 5.67 Å². The van der Waals surface area contributed by atoms with Gasteiger partial charge in [0.05, 0.1) is 29.8 Å². The van der Waals surface area contributed by atoms with Gasteiger partial charge < -0.3 is 9.88 Å². The van der Waals surface area contributed by atoms with E-state index in [9.17, 15) is 9.59 Å². The number of piperidine rings is 1. The summed E-state index contributed by atoms with van der Waals surface area (Å²) in [6.45, 7) is 5.42. The minimum atomic E-state index is -1.30. The third-order valence-corrected chi connectivity index (χ3v) is 7.71. The second-order valence-corrected chi connectivity index (χ2v) is 11.0. The van der Waals surface area contributed by atoms with Crippen LogP contribution in [0, 0.1) is 0 Å². The summed E-state index contributed by atoms with van der Waals surface area (Å²) < 4.78 is 22.1. The molecule has 0 bridgehead atoms. The molecule has 0 aliphatic carbocycles. The van der Waals surface area contributed by atoms with Crippen LogP contribution in [0.25, 0.3) is 27.7 Å². The number of aromatic nitrogens is 6. The minimum Gasteiger partial charge on any atom is -0.344 e. The second kappa shape index (κ2) is 10.8. The lowest BCUT2D eigenvalue weighted by Gasteiger charge is -2.30. The quantitative estimate of drug-likeness (QED) is 0.317. The van der Waals surface area contributed by atoms with Gasteiger partial charge in [-0.25, -0.2) is 18.7 Å². The molecule has 1 aromatic carbocycles. The Hall–Kier alpha value is -3.47. The maximum absolute atomic E-state index is 15.7. The first-order chi connectivity index (χ1) is 18.7. The summed E-state index contributed by atoms with van der Waals surface area (Å²) >= 11 is 6.52. The average molecular weight is 586 g/mol. The monoisotopic (exact) mass is 585 g/mol. The largest absolute Gasteiger partial charge is 0.344 e. The molecule has 1 aliphatic rings. The Kier molecular flexibility index (Phi) is 7.60. The van der Waals surface area contributed by atoms with Gasteiger partial charge in [0.25, 0.3) is 5.56 Å². The summed E-state index contributed by atoms with van der Waals surface area (Å²) in [6, 6.07) is 8.85. The van der Waals surface area contributed by atoms with E-state index in [0.717, 1.165) is 22.0 Å². The molecule has 1 N–H and O–H groups in total. The van der Waals surface area contributed by atoms with Crippen molar-refractivity contribution in [1.82, 2.24) is 33.6 Å². The van der Waals surface area contributed by atoms with E-state index in [1.807, 2.05) is 48.9 Å². The van der Waals surface area contributed by atoms with Crippen molar-refractivity contribution in [1.29, 1.82) is 0 Å². The van der Waals surface area contributed by atoms with Crippen LogP contribution in [-0.4, -0.2) is 47.1 Å². The van der Waals surface area contributed by atoms with E-state index in [1.54, 1.807) is 10.7 Å². The fourth-order valence-electron chi connectivity index (χ4n) is 5.49. The fourth-order valence-corrected chi connectivity index (χ4v) is 5.72. The van der Waals surface area contributed by atoms with Crippen molar-refractivity contribution < 1.29 is 4.39 Å². The van der Waals surface area contributed by atoms with Crippen LogP contribution >= 0.6 is 24.0 Å². The SMILES string of the molecule is CC(C)n1ccc(=O)n(Cc2cc3c(-c4cc(Cl)cc5ccn(CC6(F)CCNCC6)c45)ncnn3c2)c1=O.Cl. The van der Waals surface area contributed by atoms with Crippen LogP contribution < -0.4 is 16.6 Å². The van der Waals surface area contributed by atoms with Crippen molar-refractivity contribution in [2.75, 3.05) is 13.1 Å². The summed E-state index contributed by atoms with van der Waals surface area (Å²) in [5, 5.41) is 9.03. The molecule has 0 saturated carbocycles. The van der Waals surface area contributed by atoms with Crippen molar-refractivity contribution in [2.24, 2.45) is 0 Å². The number of alkyl halides is 1. The molecule has 0 amide bonds. The highest BCUT2D eigenvalue weighted by Crippen LogP contribution is 2.36. The highest BCUT2D eigenvalue weighted by molar-refractivity contribution is 6.32. The first-order valence-electron chi connectivity index (χ1n) is 13.1. The van der Waals surface area contributed by atoms with Crippen LogP contribution in [0.3, 0.4) is 0 Å². The lowest BCUT2D eigenvalue weighted by Crippen LogP contribution is -2.41. The number of nitrogens with zero attached hydrogens (tertiary/aromatic N) is 6. The van der Waals surface area contributed by atoms with E-state index >= 15 is 4.39 Å². The molecule has 1 saturated heterocycles. The third-order valence-electron chi connectivity index (χ3n) is 7.49. The molecule has 12 heteroatoms. The van der Waals surface area contributed by atoms with E-state index in [2.05, 4.69) is 15.4 Å². The van der Waals surface area contributed by atoms with Crippen molar-refractivity contribution in [3.8, 4) is 11.3 Å². The van der Waals surface area contributed by atoms with Gasteiger partial charge in [0.15, 0.2) is 0 Å². The standard InChI is InChI=1S/C28H29ClFN7O2.ClH/c1-18(2)35-10-4-24(38)36(27(35)39)14-19-11-23-25(32-17-33-37(23)15-19)22-13-21(29)12-20-3-9-34(26(20)22)16-28(30)5-7-31-8-6-28;/h3-4,9-13,15,17-18,31H,5-8,14,16H2,1-2H3;1H. The summed E-state index contributed by atoms with van der Waals surface area (Å²) in [7, 11) is 0. The Morgan fingerprint density at radius 2 is 1.90 bits per heavy atom. The van der Waals surface area contributed by atoms with E-state index in [-0.39, 0.29) is 42.8 Å². The summed E-state index contributed by atoms with van der Waals surface area (Å²) in [6.07, 6.45) is 7.56. The normalized spacial score (nSPS) is 15.1. The lowest BCUT2D eigenvalue weighted by molar-refractivity contribution is 0.0955. The molecule has 40 heavy (non-hydrogen) atoms. The predicted octanol–water partition coefficient (Wildman–Crippen LogP) is 4.47. The third kappa shape index (κ3) is 5.07. The molecule has 0 atom stereocenters. The Balaban J connectivity index is 0.00000323. The molecule has 5 heterocycles. The highest BCUT2D eigenvalue weighted by atomic mass is 35.5. The molecule has 0 unspecified atom stereocenters. The fraction of sp³-hybridized carbons (Fsp3) is 0.357. The van der Waals surface area contributed by atoms with Gasteiger partial charge >= 0.3 is 5.69 Å². The maximum atomic E-state index is 15.7. The van der Waals surface area contributed by atoms with Crippen LogP contribution in [0.4, 0.5) is 4.39 Å². The molecule has 1 aliphatic heterocycles. The average Bonchev–Trinajstić information content (AvgIpc) is 3.49. The Bertz CT molecular complexity index is 1820. The topological polar surface area (TPSA) is 91.2 Å². The molecule has 5 aromatic rings. The van der Waals surface area contributed by atoms with Gasteiger partial charge in [-0.2, -0.15) is 5.10 Å².